The van der Waals surface area contributed by atoms with Crippen LogP contribution in [0.25, 0.3) is 0 Å². The van der Waals surface area contributed by atoms with Gasteiger partial charge in [0.15, 0.2) is 6.17 Å². The molecule has 0 spiro atoms. The van der Waals surface area contributed by atoms with E-state index in [2.05, 4.69) is 10.6 Å². The van der Waals surface area contributed by atoms with E-state index in [-0.39, 0.29) is 11.4 Å². The summed E-state index contributed by atoms with van der Waals surface area (Å²) >= 11 is 6.26. The second-order valence-corrected chi connectivity index (χ2v) is 8.42. The molecule has 2 heterocycles. The van der Waals surface area contributed by atoms with Crippen molar-refractivity contribution in [2.45, 2.75) is 50.2 Å². The molecule has 122 valence electrons. The smallest absolute Gasteiger partial charge is 0.264 e. The Kier molecular flexibility index (Phi) is 2.91. The van der Waals surface area contributed by atoms with Crippen LogP contribution in [0.2, 0.25) is 0 Å². The third kappa shape index (κ3) is 2.14. The highest BCUT2D eigenvalue weighted by Gasteiger charge is 2.52. The van der Waals surface area contributed by atoms with Crippen molar-refractivity contribution < 1.29 is 4.79 Å². The Morgan fingerprint density at radius 1 is 1.17 bits per heavy atom. The minimum Gasteiger partial charge on any atom is -0.347 e. The molecule has 0 saturated heterocycles. The van der Waals surface area contributed by atoms with Crippen LogP contribution in [0.15, 0.2) is 35.3 Å². The predicted molar refractivity (Wildman–Crippen MR) is 89.0 cm³/mol. The summed E-state index contributed by atoms with van der Waals surface area (Å²) in [6, 6.07) is 0. The van der Waals surface area contributed by atoms with Gasteiger partial charge < -0.3 is 15.5 Å². The van der Waals surface area contributed by atoms with Crippen LogP contribution >= 0.6 is 11.6 Å². The third-order valence-corrected chi connectivity index (χ3v) is 6.63. The van der Waals surface area contributed by atoms with Gasteiger partial charge in [-0.05, 0) is 68.4 Å². The lowest BCUT2D eigenvalue weighted by atomic mass is 9.53. The van der Waals surface area contributed by atoms with Crippen LogP contribution in [-0.4, -0.2) is 22.5 Å². The average molecular weight is 332 g/mol. The highest BCUT2D eigenvalue weighted by molar-refractivity contribution is 6.30. The Morgan fingerprint density at radius 3 is 2.48 bits per heavy atom. The Labute approximate surface area is 141 Å². The monoisotopic (exact) mass is 331 g/mol. The van der Waals surface area contributed by atoms with Crippen molar-refractivity contribution in [3.63, 3.8) is 0 Å². The normalized spacial score (nSPS) is 42.9. The minimum absolute atomic E-state index is 0.0398. The van der Waals surface area contributed by atoms with Gasteiger partial charge in [0.2, 0.25) is 0 Å². The van der Waals surface area contributed by atoms with Gasteiger partial charge in [-0.25, -0.2) is 0 Å². The van der Waals surface area contributed by atoms with Crippen LogP contribution in [0.5, 0.6) is 0 Å². The number of halogens is 1. The second kappa shape index (κ2) is 4.79. The van der Waals surface area contributed by atoms with Crippen LogP contribution in [0, 0.1) is 17.8 Å². The molecule has 4 fully saturated rings. The quantitative estimate of drug-likeness (QED) is 0.765. The summed E-state index contributed by atoms with van der Waals surface area (Å²) in [7, 11) is 0. The van der Waals surface area contributed by atoms with E-state index in [9.17, 15) is 4.79 Å². The van der Waals surface area contributed by atoms with E-state index in [0.29, 0.717) is 5.16 Å². The summed E-state index contributed by atoms with van der Waals surface area (Å²) in [5, 5.41) is 7.12. The van der Waals surface area contributed by atoms with E-state index >= 15 is 0 Å². The number of nitrogens with zero attached hydrogens (tertiary/aromatic N) is 1. The van der Waals surface area contributed by atoms with Crippen LogP contribution < -0.4 is 10.6 Å². The molecule has 0 aromatic rings. The molecule has 4 saturated carbocycles. The lowest BCUT2D eigenvalue weighted by Gasteiger charge is -2.57. The molecular weight excluding hydrogens is 310 g/mol. The number of carbonyl (C=O) groups is 1. The second-order valence-electron chi connectivity index (χ2n) is 8.04. The Hall–Kier alpha value is -1.42. The van der Waals surface area contributed by atoms with Crippen molar-refractivity contribution >= 4 is 17.5 Å². The minimum atomic E-state index is -0.424. The molecule has 5 heteroatoms. The van der Waals surface area contributed by atoms with Gasteiger partial charge in [0.05, 0.1) is 5.70 Å². The molecule has 2 aliphatic heterocycles. The van der Waals surface area contributed by atoms with E-state index in [1.54, 1.807) is 0 Å². The maximum absolute atomic E-state index is 13.0. The van der Waals surface area contributed by atoms with Gasteiger partial charge in [0, 0.05) is 11.7 Å². The number of allylic oxidation sites excluding steroid dienone is 3. The van der Waals surface area contributed by atoms with E-state index in [4.69, 9.17) is 11.6 Å². The lowest BCUT2D eigenvalue weighted by molar-refractivity contribution is -0.131. The average Bonchev–Trinajstić information content (AvgIpc) is 2.83. The summed E-state index contributed by atoms with van der Waals surface area (Å²) in [6.45, 7) is 0. The number of hydrogen-bond acceptors (Lipinski definition) is 3. The fraction of sp³-hybridized carbons (Fsp3) is 0.611. The number of rotatable bonds is 2. The molecule has 1 amide bonds. The summed E-state index contributed by atoms with van der Waals surface area (Å²) in [5.74, 6) is 2.54. The molecule has 4 bridgehead atoms. The molecule has 23 heavy (non-hydrogen) atoms. The number of hydrogen-bond donors (Lipinski definition) is 2. The van der Waals surface area contributed by atoms with E-state index in [0.717, 1.165) is 23.5 Å². The standard InChI is InChI=1S/C18H22ClN3O/c19-15-14-3-1-2-4-22(14)16(20-15)17(23)21-18-8-11-5-12(9-18)7-13(6-11)10-18/h1-4,11-13,16,20H,5-10H2,(H,21,23). The number of amides is 1. The van der Waals surface area contributed by atoms with Gasteiger partial charge >= 0.3 is 0 Å². The van der Waals surface area contributed by atoms with Crippen molar-refractivity contribution in [2.75, 3.05) is 0 Å². The molecular formula is C18H22ClN3O. The van der Waals surface area contributed by atoms with Crippen LogP contribution in [-0.2, 0) is 4.79 Å². The fourth-order valence-electron chi connectivity index (χ4n) is 5.92. The largest absolute Gasteiger partial charge is 0.347 e. The van der Waals surface area contributed by atoms with Gasteiger partial charge in [-0.3, -0.25) is 4.79 Å². The van der Waals surface area contributed by atoms with Gasteiger partial charge in [-0.1, -0.05) is 17.7 Å². The van der Waals surface area contributed by atoms with E-state index < -0.39 is 6.17 Å². The molecule has 4 nitrogen and oxygen atoms in total. The third-order valence-electron chi connectivity index (χ3n) is 6.33. The molecule has 6 aliphatic rings. The van der Waals surface area contributed by atoms with Gasteiger partial charge in [-0.2, -0.15) is 0 Å². The number of nitrogens with one attached hydrogen (secondary N) is 2. The van der Waals surface area contributed by atoms with Crippen molar-refractivity contribution in [1.82, 2.24) is 15.5 Å². The molecule has 1 atom stereocenters. The molecule has 0 radical (unpaired) electrons. The molecule has 2 N–H and O–H groups in total. The topological polar surface area (TPSA) is 44.4 Å². The fourth-order valence-corrected chi connectivity index (χ4v) is 6.18. The van der Waals surface area contributed by atoms with Crippen molar-refractivity contribution in [2.24, 2.45) is 17.8 Å². The Bertz CT molecular complexity index is 615. The van der Waals surface area contributed by atoms with Crippen molar-refractivity contribution in [3.05, 3.63) is 35.3 Å². The molecule has 1 unspecified atom stereocenters. The SMILES string of the molecule is O=C(NC12CC3CC(CC(C3)C1)C2)C1NC(Cl)=C2C=CC=CN21. The first-order valence-corrected chi connectivity index (χ1v) is 9.11. The molecule has 0 aromatic carbocycles. The van der Waals surface area contributed by atoms with Gasteiger partial charge in [0.25, 0.3) is 5.91 Å². The van der Waals surface area contributed by atoms with Gasteiger partial charge in [0.1, 0.15) is 5.16 Å². The lowest BCUT2D eigenvalue weighted by Crippen LogP contribution is -2.63. The number of fused-ring (bicyclic) bond motifs is 1. The Balaban J connectivity index is 1.35. The zero-order valence-corrected chi connectivity index (χ0v) is 13.9. The van der Waals surface area contributed by atoms with Crippen LogP contribution in [0.4, 0.5) is 0 Å². The highest BCUT2D eigenvalue weighted by Crippen LogP contribution is 2.55. The zero-order valence-electron chi connectivity index (χ0n) is 13.1. The predicted octanol–water partition coefficient (Wildman–Crippen LogP) is 2.79. The Morgan fingerprint density at radius 2 is 1.83 bits per heavy atom. The number of carbonyl (C=O) groups excluding carboxylic acids is 1. The van der Waals surface area contributed by atoms with Crippen LogP contribution in [0.3, 0.4) is 0 Å². The molecule has 0 aromatic heterocycles. The summed E-state index contributed by atoms with van der Waals surface area (Å²) in [6.07, 6.45) is 15.0. The van der Waals surface area contributed by atoms with Crippen LogP contribution in [0.1, 0.15) is 38.5 Å². The summed E-state index contributed by atoms with van der Waals surface area (Å²) < 4.78 is 0. The molecule has 4 aliphatic carbocycles. The van der Waals surface area contributed by atoms with Gasteiger partial charge in [-0.15, -0.1) is 0 Å². The highest BCUT2D eigenvalue weighted by atomic mass is 35.5. The zero-order chi connectivity index (χ0) is 15.6. The first-order valence-electron chi connectivity index (χ1n) is 8.73. The first-order chi connectivity index (χ1) is 11.1. The van der Waals surface area contributed by atoms with Crippen molar-refractivity contribution in [3.8, 4) is 0 Å². The van der Waals surface area contributed by atoms with E-state index in [1.165, 1.54) is 38.5 Å². The maximum atomic E-state index is 13.0. The van der Waals surface area contributed by atoms with E-state index in [1.807, 2.05) is 29.3 Å². The van der Waals surface area contributed by atoms with Crippen molar-refractivity contribution in [1.29, 1.82) is 0 Å². The summed E-state index contributed by atoms with van der Waals surface area (Å²) in [5.41, 5.74) is 0.915. The summed E-state index contributed by atoms with van der Waals surface area (Å²) in [4.78, 5) is 14.9. The maximum Gasteiger partial charge on any atom is 0.264 e. The first kappa shape index (κ1) is 14.0. The molecule has 6 rings (SSSR count).